The van der Waals surface area contributed by atoms with Crippen LogP contribution in [0.25, 0.3) is 0 Å². The molecule has 0 spiro atoms. The first-order valence-electron chi connectivity index (χ1n) is 5.77. The maximum Gasteiger partial charge on any atom is 0.260 e. The smallest absolute Gasteiger partial charge is 0.260 e. The van der Waals surface area contributed by atoms with Crippen LogP contribution in [-0.2, 0) is 4.79 Å². The third-order valence-corrected chi connectivity index (χ3v) is 2.39. The van der Waals surface area contributed by atoms with E-state index in [9.17, 15) is 9.90 Å². The van der Waals surface area contributed by atoms with Crippen molar-refractivity contribution < 1.29 is 14.6 Å². The van der Waals surface area contributed by atoms with Gasteiger partial charge in [-0.1, -0.05) is 18.2 Å². The lowest BCUT2D eigenvalue weighted by atomic mass is 10.1. The number of aliphatic hydroxyl groups excluding tert-OH is 1. The SMILES string of the molecule is CCNC(=O)C(C)Oc1ccccc1[C@H](C)O. The minimum atomic E-state index is -0.618. The molecule has 0 fully saturated rings. The van der Waals surface area contributed by atoms with Crippen LogP contribution < -0.4 is 10.1 Å². The molecule has 1 amide bonds. The quantitative estimate of drug-likeness (QED) is 0.818. The van der Waals surface area contributed by atoms with Gasteiger partial charge in [-0.25, -0.2) is 0 Å². The Labute approximate surface area is 102 Å². The number of benzene rings is 1. The highest BCUT2D eigenvalue weighted by Gasteiger charge is 2.16. The Morgan fingerprint density at radius 3 is 2.65 bits per heavy atom. The molecule has 0 aliphatic rings. The van der Waals surface area contributed by atoms with E-state index < -0.39 is 12.2 Å². The van der Waals surface area contributed by atoms with Crippen LogP contribution in [0.5, 0.6) is 5.75 Å². The van der Waals surface area contributed by atoms with Gasteiger partial charge in [-0.3, -0.25) is 4.79 Å². The first kappa shape index (κ1) is 13.5. The maximum atomic E-state index is 11.5. The summed E-state index contributed by atoms with van der Waals surface area (Å²) in [5.74, 6) is 0.383. The molecule has 94 valence electrons. The Bertz CT molecular complexity index is 377. The van der Waals surface area contributed by atoms with Gasteiger partial charge in [-0.15, -0.1) is 0 Å². The molecular weight excluding hydrogens is 218 g/mol. The lowest BCUT2D eigenvalue weighted by Crippen LogP contribution is -2.36. The van der Waals surface area contributed by atoms with E-state index in [1.807, 2.05) is 19.1 Å². The van der Waals surface area contributed by atoms with E-state index in [0.29, 0.717) is 17.9 Å². The minimum Gasteiger partial charge on any atom is -0.481 e. The third kappa shape index (κ3) is 3.75. The van der Waals surface area contributed by atoms with Crippen molar-refractivity contribution in [2.24, 2.45) is 0 Å². The van der Waals surface area contributed by atoms with Crippen molar-refractivity contribution in [2.45, 2.75) is 33.0 Å². The highest BCUT2D eigenvalue weighted by atomic mass is 16.5. The molecule has 17 heavy (non-hydrogen) atoms. The maximum absolute atomic E-state index is 11.5. The van der Waals surface area contributed by atoms with E-state index in [1.165, 1.54) is 0 Å². The molecule has 0 bridgehead atoms. The Morgan fingerprint density at radius 1 is 1.41 bits per heavy atom. The summed E-state index contributed by atoms with van der Waals surface area (Å²) in [4.78, 5) is 11.5. The summed E-state index contributed by atoms with van der Waals surface area (Å²) in [7, 11) is 0. The average molecular weight is 237 g/mol. The van der Waals surface area contributed by atoms with Gasteiger partial charge in [0.15, 0.2) is 6.10 Å². The number of hydrogen-bond acceptors (Lipinski definition) is 3. The van der Waals surface area contributed by atoms with Crippen molar-refractivity contribution >= 4 is 5.91 Å². The first-order chi connectivity index (χ1) is 8.06. The Morgan fingerprint density at radius 2 is 2.06 bits per heavy atom. The van der Waals surface area contributed by atoms with Gasteiger partial charge in [0, 0.05) is 12.1 Å². The van der Waals surface area contributed by atoms with Gasteiger partial charge < -0.3 is 15.2 Å². The molecule has 1 rings (SSSR count). The molecule has 4 nitrogen and oxygen atoms in total. The second-order valence-corrected chi connectivity index (χ2v) is 3.87. The summed E-state index contributed by atoms with van der Waals surface area (Å²) in [6, 6.07) is 7.17. The standard InChI is InChI=1S/C13H19NO3/c1-4-14-13(16)10(3)17-12-8-6-5-7-11(12)9(2)15/h5-10,15H,4H2,1-3H3,(H,14,16)/t9-,10?/m0/s1. The van der Waals surface area contributed by atoms with Gasteiger partial charge in [0.25, 0.3) is 5.91 Å². The van der Waals surface area contributed by atoms with Crippen molar-refractivity contribution in [1.29, 1.82) is 0 Å². The number of likely N-dealkylation sites (N-methyl/N-ethyl adjacent to an activating group) is 1. The van der Waals surface area contributed by atoms with Gasteiger partial charge in [0.05, 0.1) is 6.10 Å². The predicted molar refractivity (Wildman–Crippen MR) is 65.8 cm³/mol. The van der Waals surface area contributed by atoms with Crippen molar-refractivity contribution in [2.75, 3.05) is 6.54 Å². The molecule has 1 unspecified atom stereocenters. The number of carbonyl (C=O) groups is 1. The number of rotatable bonds is 5. The normalized spacial score (nSPS) is 13.9. The summed E-state index contributed by atoms with van der Waals surface area (Å²) in [5, 5.41) is 12.3. The molecule has 0 aliphatic carbocycles. The van der Waals surface area contributed by atoms with E-state index in [2.05, 4.69) is 5.32 Å². The molecular formula is C13H19NO3. The summed E-state index contributed by atoms with van der Waals surface area (Å²) < 4.78 is 5.55. The fourth-order valence-corrected chi connectivity index (χ4v) is 1.49. The molecule has 2 atom stereocenters. The third-order valence-electron chi connectivity index (χ3n) is 2.39. The number of hydrogen-bond donors (Lipinski definition) is 2. The fourth-order valence-electron chi connectivity index (χ4n) is 1.49. The second kappa shape index (κ2) is 6.25. The molecule has 0 aromatic heterocycles. The molecule has 0 radical (unpaired) electrons. The molecule has 0 aliphatic heterocycles. The lowest BCUT2D eigenvalue weighted by Gasteiger charge is -2.17. The molecule has 4 heteroatoms. The number of nitrogens with one attached hydrogen (secondary N) is 1. The number of amides is 1. The van der Waals surface area contributed by atoms with Crippen molar-refractivity contribution in [3.8, 4) is 5.75 Å². The lowest BCUT2D eigenvalue weighted by molar-refractivity contribution is -0.127. The molecule has 0 saturated heterocycles. The van der Waals surface area contributed by atoms with Crippen LogP contribution in [-0.4, -0.2) is 23.7 Å². The van der Waals surface area contributed by atoms with Crippen LogP contribution in [0.1, 0.15) is 32.4 Å². The van der Waals surface area contributed by atoms with Crippen molar-refractivity contribution in [3.63, 3.8) is 0 Å². The number of aliphatic hydroxyl groups is 1. The second-order valence-electron chi connectivity index (χ2n) is 3.87. The van der Waals surface area contributed by atoms with Gasteiger partial charge in [-0.05, 0) is 26.8 Å². The average Bonchev–Trinajstić information content (AvgIpc) is 2.29. The fraction of sp³-hybridized carbons (Fsp3) is 0.462. The Kier molecular flexibility index (Phi) is 4.97. The number of ether oxygens (including phenoxy) is 1. The monoisotopic (exact) mass is 237 g/mol. The van der Waals surface area contributed by atoms with E-state index in [-0.39, 0.29) is 5.91 Å². The summed E-state index contributed by atoms with van der Waals surface area (Å²) >= 11 is 0. The van der Waals surface area contributed by atoms with Crippen molar-refractivity contribution in [3.05, 3.63) is 29.8 Å². The summed E-state index contributed by atoms with van der Waals surface area (Å²) in [6.45, 7) is 5.78. The van der Waals surface area contributed by atoms with Crippen LogP contribution >= 0.6 is 0 Å². The van der Waals surface area contributed by atoms with Crippen LogP contribution in [0.2, 0.25) is 0 Å². The zero-order valence-electron chi connectivity index (χ0n) is 10.4. The largest absolute Gasteiger partial charge is 0.481 e. The molecule has 0 saturated carbocycles. The predicted octanol–water partition coefficient (Wildman–Crippen LogP) is 1.64. The van der Waals surface area contributed by atoms with Crippen LogP contribution in [0.15, 0.2) is 24.3 Å². The van der Waals surface area contributed by atoms with Crippen LogP contribution in [0.3, 0.4) is 0 Å². The Balaban J connectivity index is 2.77. The van der Waals surface area contributed by atoms with Crippen LogP contribution in [0.4, 0.5) is 0 Å². The van der Waals surface area contributed by atoms with Crippen LogP contribution in [0, 0.1) is 0 Å². The summed E-state index contributed by atoms with van der Waals surface area (Å²) in [5.41, 5.74) is 0.684. The molecule has 1 aromatic carbocycles. The minimum absolute atomic E-state index is 0.159. The van der Waals surface area contributed by atoms with Gasteiger partial charge >= 0.3 is 0 Å². The van der Waals surface area contributed by atoms with Gasteiger partial charge in [-0.2, -0.15) is 0 Å². The van der Waals surface area contributed by atoms with E-state index in [1.54, 1.807) is 26.0 Å². The molecule has 1 aromatic rings. The Hall–Kier alpha value is -1.55. The van der Waals surface area contributed by atoms with E-state index in [4.69, 9.17) is 4.74 Å². The number of carbonyl (C=O) groups excluding carboxylic acids is 1. The zero-order valence-corrected chi connectivity index (χ0v) is 10.4. The van der Waals surface area contributed by atoms with E-state index >= 15 is 0 Å². The van der Waals surface area contributed by atoms with Crippen molar-refractivity contribution in [1.82, 2.24) is 5.32 Å². The molecule has 0 heterocycles. The van der Waals surface area contributed by atoms with Gasteiger partial charge in [0.1, 0.15) is 5.75 Å². The summed E-state index contributed by atoms with van der Waals surface area (Å²) in [6.07, 6.45) is -1.19. The molecule has 2 N–H and O–H groups in total. The zero-order chi connectivity index (χ0) is 12.8. The van der Waals surface area contributed by atoms with E-state index in [0.717, 1.165) is 0 Å². The first-order valence-corrected chi connectivity index (χ1v) is 5.77. The highest BCUT2D eigenvalue weighted by Crippen LogP contribution is 2.25. The highest BCUT2D eigenvalue weighted by molar-refractivity contribution is 5.80. The topological polar surface area (TPSA) is 58.6 Å². The van der Waals surface area contributed by atoms with Gasteiger partial charge in [0.2, 0.25) is 0 Å². The number of para-hydroxylation sites is 1.